The Morgan fingerprint density at radius 2 is 2.08 bits per heavy atom. The van der Waals surface area contributed by atoms with E-state index in [-0.39, 0.29) is 18.2 Å². The molecule has 25 heavy (non-hydrogen) atoms. The van der Waals surface area contributed by atoms with E-state index in [1.54, 1.807) is 18.2 Å². The van der Waals surface area contributed by atoms with Gasteiger partial charge in [0.1, 0.15) is 5.75 Å². The number of hydrogen-bond donors (Lipinski definition) is 1. The molecule has 0 radical (unpaired) electrons. The van der Waals surface area contributed by atoms with Crippen LogP contribution >= 0.6 is 11.6 Å². The van der Waals surface area contributed by atoms with Gasteiger partial charge < -0.3 is 19.5 Å². The van der Waals surface area contributed by atoms with E-state index in [2.05, 4.69) is 10.1 Å². The van der Waals surface area contributed by atoms with Gasteiger partial charge in [-0.3, -0.25) is 4.79 Å². The monoisotopic (exact) mass is 367 g/mol. The molecule has 0 unspecified atom stereocenters. The summed E-state index contributed by atoms with van der Waals surface area (Å²) in [6, 6.07) is 9.20. The van der Waals surface area contributed by atoms with Crippen LogP contribution in [0.15, 0.2) is 42.5 Å². The minimum atomic E-state index is -2.98. The molecule has 0 saturated heterocycles. The molecular weight excluding hydrogens is 356 g/mol. The molecule has 1 amide bonds. The zero-order valence-electron chi connectivity index (χ0n) is 12.7. The van der Waals surface area contributed by atoms with E-state index >= 15 is 0 Å². The highest BCUT2D eigenvalue weighted by molar-refractivity contribution is 6.32. The zero-order valence-corrected chi connectivity index (χ0v) is 13.4. The molecule has 0 saturated carbocycles. The van der Waals surface area contributed by atoms with Crippen molar-refractivity contribution in [3.05, 3.63) is 53.1 Å². The van der Waals surface area contributed by atoms with Crippen molar-refractivity contribution in [1.82, 2.24) is 0 Å². The van der Waals surface area contributed by atoms with Crippen molar-refractivity contribution >= 4 is 29.3 Å². The summed E-state index contributed by atoms with van der Waals surface area (Å²) in [5, 5.41) is 2.85. The molecule has 2 aromatic rings. The van der Waals surface area contributed by atoms with Crippen molar-refractivity contribution in [2.45, 2.75) is 6.61 Å². The van der Waals surface area contributed by atoms with Crippen molar-refractivity contribution in [3.8, 4) is 17.2 Å². The highest BCUT2D eigenvalue weighted by atomic mass is 35.5. The smallest absolute Gasteiger partial charge is 0.387 e. The SMILES string of the molecule is O=C(/C=C/c1cc(Cl)c2c(c1)OCO2)Nc1ccccc1OC(F)F. The number of carbonyl (C=O) groups excluding carboxylic acids is 1. The Morgan fingerprint density at radius 3 is 2.88 bits per heavy atom. The molecule has 0 spiro atoms. The minimum Gasteiger partial charge on any atom is -0.454 e. The average Bonchev–Trinajstić information content (AvgIpc) is 3.03. The number of para-hydroxylation sites is 2. The first-order chi connectivity index (χ1) is 12.0. The molecule has 2 aromatic carbocycles. The van der Waals surface area contributed by atoms with Crippen LogP contribution in [0.1, 0.15) is 5.56 Å². The van der Waals surface area contributed by atoms with E-state index in [0.29, 0.717) is 22.1 Å². The Labute approximate surface area is 146 Å². The first-order valence-corrected chi connectivity index (χ1v) is 7.53. The molecule has 0 fully saturated rings. The van der Waals surface area contributed by atoms with E-state index in [1.165, 1.54) is 30.4 Å². The second-order valence-corrected chi connectivity index (χ2v) is 5.34. The number of anilines is 1. The van der Waals surface area contributed by atoms with Crippen molar-refractivity contribution in [2.75, 3.05) is 12.1 Å². The number of benzene rings is 2. The fraction of sp³-hybridized carbons (Fsp3) is 0.118. The van der Waals surface area contributed by atoms with Crippen LogP contribution in [-0.2, 0) is 4.79 Å². The summed E-state index contributed by atoms with van der Waals surface area (Å²) in [6.07, 6.45) is 2.76. The maximum absolute atomic E-state index is 12.4. The Morgan fingerprint density at radius 1 is 1.28 bits per heavy atom. The standard InChI is InChI=1S/C17H12ClF2NO4/c18-11-7-10(8-14-16(11)24-9-23-14)5-6-15(22)21-12-3-1-2-4-13(12)25-17(19)20/h1-8,17H,9H2,(H,21,22)/b6-5+. The minimum absolute atomic E-state index is 0.0869. The van der Waals surface area contributed by atoms with E-state index in [4.69, 9.17) is 21.1 Å². The van der Waals surface area contributed by atoms with Crippen LogP contribution in [0.2, 0.25) is 5.02 Å². The summed E-state index contributed by atoms with van der Waals surface area (Å²) in [6.45, 7) is -2.90. The number of halogens is 3. The molecule has 1 N–H and O–H groups in total. The van der Waals surface area contributed by atoms with E-state index in [0.717, 1.165) is 0 Å². The molecule has 0 aliphatic carbocycles. The van der Waals surface area contributed by atoms with Crippen molar-refractivity contribution in [2.24, 2.45) is 0 Å². The van der Waals surface area contributed by atoms with Crippen molar-refractivity contribution < 1.29 is 27.8 Å². The highest BCUT2D eigenvalue weighted by Gasteiger charge is 2.17. The summed E-state index contributed by atoms with van der Waals surface area (Å²) in [5.74, 6) is 0.314. The number of amides is 1. The van der Waals surface area contributed by atoms with Gasteiger partial charge in [-0.1, -0.05) is 23.7 Å². The third-order valence-electron chi connectivity index (χ3n) is 3.24. The van der Waals surface area contributed by atoms with Crippen LogP contribution in [0.25, 0.3) is 6.08 Å². The molecule has 1 aliphatic heterocycles. The summed E-state index contributed by atoms with van der Waals surface area (Å²) >= 11 is 6.06. The van der Waals surface area contributed by atoms with Gasteiger partial charge in [0.05, 0.1) is 10.7 Å². The van der Waals surface area contributed by atoms with Gasteiger partial charge in [0.15, 0.2) is 11.5 Å². The summed E-state index contributed by atoms with van der Waals surface area (Å²) in [7, 11) is 0. The van der Waals surface area contributed by atoms with Crippen LogP contribution in [0.5, 0.6) is 17.2 Å². The lowest BCUT2D eigenvalue weighted by atomic mass is 10.2. The highest BCUT2D eigenvalue weighted by Crippen LogP contribution is 2.40. The van der Waals surface area contributed by atoms with Crippen LogP contribution in [-0.4, -0.2) is 19.3 Å². The molecule has 0 aromatic heterocycles. The van der Waals surface area contributed by atoms with Crippen LogP contribution in [0.3, 0.4) is 0 Å². The third-order valence-corrected chi connectivity index (χ3v) is 3.52. The van der Waals surface area contributed by atoms with Gasteiger partial charge in [-0.25, -0.2) is 0 Å². The van der Waals surface area contributed by atoms with E-state index < -0.39 is 12.5 Å². The van der Waals surface area contributed by atoms with Gasteiger partial charge >= 0.3 is 6.61 Å². The lowest BCUT2D eigenvalue weighted by molar-refractivity contribution is -0.111. The number of fused-ring (bicyclic) bond motifs is 1. The lowest BCUT2D eigenvalue weighted by Crippen LogP contribution is -2.11. The Balaban J connectivity index is 1.71. The molecule has 0 atom stereocenters. The predicted molar refractivity (Wildman–Crippen MR) is 88.3 cm³/mol. The Hall–Kier alpha value is -2.80. The maximum Gasteiger partial charge on any atom is 0.387 e. The van der Waals surface area contributed by atoms with Crippen LogP contribution < -0.4 is 19.5 Å². The molecule has 5 nitrogen and oxygen atoms in total. The Kier molecular flexibility index (Phi) is 5.04. The molecule has 3 rings (SSSR count). The van der Waals surface area contributed by atoms with Gasteiger partial charge in [-0.05, 0) is 35.9 Å². The fourth-order valence-corrected chi connectivity index (χ4v) is 2.47. The van der Waals surface area contributed by atoms with Crippen molar-refractivity contribution in [3.63, 3.8) is 0 Å². The maximum atomic E-state index is 12.4. The second-order valence-electron chi connectivity index (χ2n) is 4.93. The van der Waals surface area contributed by atoms with Crippen LogP contribution in [0, 0.1) is 0 Å². The van der Waals surface area contributed by atoms with E-state index in [1.807, 2.05) is 0 Å². The normalized spacial score (nSPS) is 12.6. The van der Waals surface area contributed by atoms with Gasteiger partial charge in [-0.2, -0.15) is 8.78 Å². The zero-order chi connectivity index (χ0) is 17.8. The molecule has 130 valence electrons. The fourth-order valence-electron chi connectivity index (χ4n) is 2.20. The number of carbonyl (C=O) groups is 1. The molecule has 0 bridgehead atoms. The molecule has 8 heteroatoms. The first-order valence-electron chi connectivity index (χ1n) is 7.15. The molecule has 1 heterocycles. The number of rotatable bonds is 5. The van der Waals surface area contributed by atoms with Crippen LogP contribution in [0.4, 0.5) is 14.5 Å². The largest absolute Gasteiger partial charge is 0.454 e. The number of hydrogen-bond acceptors (Lipinski definition) is 4. The van der Waals surface area contributed by atoms with Gasteiger partial charge in [0, 0.05) is 6.08 Å². The third kappa shape index (κ3) is 4.19. The topological polar surface area (TPSA) is 56.8 Å². The number of alkyl halides is 2. The molecule has 1 aliphatic rings. The van der Waals surface area contributed by atoms with Gasteiger partial charge in [-0.15, -0.1) is 0 Å². The Bertz CT molecular complexity index is 826. The quantitative estimate of drug-likeness (QED) is 0.799. The summed E-state index contributed by atoms with van der Waals surface area (Å²) < 4.78 is 39.5. The average molecular weight is 368 g/mol. The second kappa shape index (κ2) is 7.40. The first kappa shape index (κ1) is 17.0. The van der Waals surface area contributed by atoms with Gasteiger partial charge in [0.2, 0.25) is 12.7 Å². The van der Waals surface area contributed by atoms with Crippen molar-refractivity contribution in [1.29, 1.82) is 0 Å². The number of nitrogens with one attached hydrogen (secondary N) is 1. The van der Waals surface area contributed by atoms with E-state index in [9.17, 15) is 13.6 Å². The van der Waals surface area contributed by atoms with Gasteiger partial charge in [0.25, 0.3) is 0 Å². The number of ether oxygens (including phenoxy) is 3. The summed E-state index contributed by atoms with van der Waals surface area (Å²) in [5.41, 5.74) is 0.766. The molecular formula is C17H12ClF2NO4. The predicted octanol–water partition coefficient (Wildman–Crippen LogP) is 4.32. The summed E-state index contributed by atoms with van der Waals surface area (Å²) in [4.78, 5) is 12.0. The lowest BCUT2D eigenvalue weighted by Gasteiger charge is -2.10.